The zero-order valence-electron chi connectivity index (χ0n) is 17.2. The average molecular weight is 458 g/mol. The third kappa shape index (κ3) is 5.58. The number of H-pyrrole nitrogens is 1. The van der Waals surface area contributed by atoms with Crippen molar-refractivity contribution < 1.29 is 19.2 Å². The van der Waals surface area contributed by atoms with Gasteiger partial charge in [-0.15, -0.1) is 0 Å². The number of carbonyl (C=O) groups excluding carboxylic acids is 4. The summed E-state index contributed by atoms with van der Waals surface area (Å²) in [5.74, 6) is -2.82. The molecule has 4 N–H and O–H groups in total. The number of pyridine rings is 1. The van der Waals surface area contributed by atoms with Gasteiger partial charge in [0.1, 0.15) is 11.9 Å². The van der Waals surface area contributed by atoms with Crippen LogP contribution in [0.1, 0.15) is 10.4 Å². The van der Waals surface area contributed by atoms with E-state index in [1.54, 1.807) is 18.2 Å². The minimum Gasteiger partial charge on any atom is -0.347 e. The van der Waals surface area contributed by atoms with E-state index in [0.717, 1.165) is 0 Å². The summed E-state index contributed by atoms with van der Waals surface area (Å²) in [6.07, 6.45) is 2.82. The van der Waals surface area contributed by atoms with Crippen LogP contribution >= 0.6 is 11.6 Å². The van der Waals surface area contributed by atoms with Crippen molar-refractivity contribution in [2.45, 2.75) is 6.04 Å². The van der Waals surface area contributed by atoms with Crippen LogP contribution in [0.5, 0.6) is 0 Å². The van der Waals surface area contributed by atoms with Crippen molar-refractivity contribution in [3.63, 3.8) is 0 Å². The Kier molecular flexibility index (Phi) is 7.00. The molecule has 0 radical (unpaired) electrons. The highest BCUT2D eigenvalue weighted by Gasteiger charge is 2.25. The van der Waals surface area contributed by atoms with Gasteiger partial charge in [0.25, 0.3) is 5.91 Å². The maximum atomic E-state index is 12.7. The summed E-state index contributed by atoms with van der Waals surface area (Å²) >= 11 is 5.73. The molecule has 0 bridgehead atoms. The van der Waals surface area contributed by atoms with Crippen LogP contribution in [0.15, 0.2) is 42.9 Å². The van der Waals surface area contributed by atoms with Gasteiger partial charge in [0.05, 0.1) is 22.4 Å². The summed E-state index contributed by atoms with van der Waals surface area (Å²) < 4.78 is 0. The van der Waals surface area contributed by atoms with Crippen LogP contribution in [0.4, 0.5) is 5.82 Å². The predicted octanol–water partition coefficient (Wildman–Crippen LogP) is 0.553. The lowest BCUT2D eigenvalue weighted by Crippen LogP contribution is -2.53. The maximum absolute atomic E-state index is 12.7. The number of carbonyl (C=O) groups is 4. The SMILES string of the molecule is CN(C)C(=O)C(CNC(=O)C(=O)Nc1ccc(Cl)cn1)NC(=O)c1ccc2nc[nH]c2c1. The fourth-order valence-electron chi connectivity index (χ4n) is 2.73. The normalized spacial score (nSPS) is 11.5. The number of anilines is 1. The van der Waals surface area contributed by atoms with Gasteiger partial charge in [0, 0.05) is 32.4 Å². The molecule has 0 spiro atoms. The topological polar surface area (TPSA) is 149 Å². The van der Waals surface area contributed by atoms with Gasteiger partial charge in [-0.05, 0) is 30.3 Å². The molecule has 1 aromatic carbocycles. The van der Waals surface area contributed by atoms with E-state index in [1.165, 1.54) is 43.7 Å². The number of hydrogen-bond donors (Lipinski definition) is 4. The number of aromatic amines is 1. The Labute approximate surface area is 187 Å². The molecule has 0 aliphatic carbocycles. The highest BCUT2D eigenvalue weighted by molar-refractivity contribution is 6.39. The Morgan fingerprint density at radius 3 is 2.56 bits per heavy atom. The van der Waals surface area contributed by atoms with E-state index < -0.39 is 29.7 Å². The van der Waals surface area contributed by atoms with Crippen molar-refractivity contribution in [2.75, 3.05) is 26.0 Å². The number of nitrogens with zero attached hydrogens (tertiary/aromatic N) is 3. The molecule has 3 aromatic rings. The molecule has 0 saturated heterocycles. The minimum absolute atomic E-state index is 0.137. The van der Waals surface area contributed by atoms with E-state index in [4.69, 9.17) is 11.6 Å². The van der Waals surface area contributed by atoms with Gasteiger partial charge >= 0.3 is 11.8 Å². The van der Waals surface area contributed by atoms with E-state index in [0.29, 0.717) is 21.6 Å². The molecule has 166 valence electrons. The molecule has 1 atom stereocenters. The number of fused-ring (bicyclic) bond motifs is 1. The molecule has 1 unspecified atom stereocenters. The lowest BCUT2D eigenvalue weighted by atomic mass is 10.1. The second-order valence-corrected chi connectivity index (χ2v) is 7.36. The highest BCUT2D eigenvalue weighted by Crippen LogP contribution is 2.12. The number of aromatic nitrogens is 3. The van der Waals surface area contributed by atoms with Crippen molar-refractivity contribution in [1.29, 1.82) is 0 Å². The smallest absolute Gasteiger partial charge is 0.314 e. The summed E-state index contributed by atoms with van der Waals surface area (Å²) in [6, 6.07) is 6.67. The predicted molar refractivity (Wildman–Crippen MR) is 117 cm³/mol. The lowest BCUT2D eigenvalue weighted by Gasteiger charge is -2.22. The van der Waals surface area contributed by atoms with E-state index in [2.05, 4.69) is 30.9 Å². The summed E-state index contributed by atoms with van der Waals surface area (Å²) in [4.78, 5) is 61.5. The number of halogens is 1. The van der Waals surface area contributed by atoms with Crippen LogP contribution in [0.25, 0.3) is 11.0 Å². The van der Waals surface area contributed by atoms with E-state index in [-0.39, 0.29) is 12.4 Å². The van der Waals surface area contributed by atoms with Crippen LogP contribution in [0.3, 0.4) is 0 Å². The molecule has 2 aromatic heterocycles. The molecule has 0 saturated carbocycles. The molecule has 0 fully saturated rings. The fraction of sp³-hybridized carbons (Fsp3) is 0.200. The summed E-state index contributed by atoms with van der Waals surface area (Å²) in [5, 5.41) is 7.62. The van der Waals surface area contributed by atoms with Gasteiger partial charge in [-0.3, -0.25) is 19.2 Å². The highest BCUT2D eigenvalue weighted by atomic mass is 35.5. The van der Waals surface area contributed by atoms with E-state index in [1.807, 2.05) is 0 Å². The number of benzene rings is 1. The number of amides is 4. The van der Waals surface area contributed by atoms with Gasteiger partial charge < -0.3 is 25.8 Å². The number of likely N-dealkylation sites (N-methyl/N-ethyl adjacent to an activating group) is 1. The van der Waals surface area contributed by atoms with Crippen molar-refractivity contribution in [2.24, 2.45) is 0 Å². The van der Waals surface area contributed by atoms with Gasteiger partial charge in [-0.25, -0.2) is 9.97 Å². The molecular weight excluding hydrogens is 438 g/mol. The van der Waals surface area contributed by atoms with Gasteiger partial charge in [-0.1, -0.05) is 11.6 Å². The second-order valence-electron chi connectivity index (χ2n) is 6.92. The van der Waals surface area contributed by atoms with Crippen LogP contribution in [-0.2, 0) is 14.4 Å². The zero-order valence-corrected chi connectivity index (χ0v) is 17.9. The van der Waals surface area contributed by atoms with Crippen molar-refractivity contribution in [3.05, 3.63) is 53.4 Å². The van der Waals surface area contributed by atoms with Crippen LogP contribution < -0.4 is 16.0 Å². The third-order valence-electron chi connectivity index (χ3n) is 4.37. The summed E-state index contributed by atoms with van der Waals surface area (Å²) in [6.45, 7) is -0.296. The molecule has 2 heterocycles. The van der Waals surface area contributed by atoms with E-state index >= 15 is 0 Å². The van der Waals surface area contributed by atoms with Crippen molar-refractivity contribution in [1.82, 2.24) is 30.5 Å². The molecule has 12 heteroatoms. The Balaban J connectivity index is 1.63. The summed E-state index contributed by atoms with van der Waals surface area (Å²) in [7, 11) is 3.03. The van der Waals surface area contributed by atoms with Gasteiger partial charge in [0.15, 0.2) is 0 Å². The molecule has 0 aliphatic rings. The molecular formula is C20H20ClN7O4. The van der Waals surface area contributed by atoms with Gasteiger partial charge in [-0.2, -0.15) is 0 Å². The first-order chi connectivity index (χ1) is 15.2. The Hall–Kier alpha value is -3.99. The van der Waals surface area contributed by atoms with Crippen molar-refractivity contribution >= 4 is 52.1 Å². The molecule has 4 amide bonds. The quantitative estimate of drug-likeness (QED) is 0.397. The van der Waals surface area contributed by atoms with Crippen molar-refractivity contribution in [3.8, 4) is 0 Å². The first-order valence-corrected chi connectivity index (χ1v) is 9.78. The monoisotopic (exact) mass is 457 g/mol. The fourth-order valence-corrected chi connectivity index (χ4v) is 2.84. The number of hydrogen-bond acceptors (Lipinski definition) is 6. The molecule has 11 nitrogen and oxygen atoms in total. The first kappa shape index (κ1) is 22.7. The number of rotatable bonds is 6. The standard InChI is InChI=1S/C20H20ClN7O4/c1-28(2)20(32)15(26-17(29)11-3-5-13-14(7-11)25-10-24-13)9-23-18(30)19(31)27-16-6-4-12(21)8-22-16/h3-8,10,15H,9H2,1-2H3,(H,23,30)(H,24,25)(H,26,29)(H,22,27,31). The first-order valence-electron chi connectivity index (χ1n) is 9.40. The van der Waals surface area contributed by atoms with Crippen LogP contribution in [0.2, 0.25) is 5.02 Å². The average Bonchev–Trinajstić information content (AvgIpc) is 3.25. The molecule has 3 rings (SSSR count). The largest absolute Gasteiger partial charge is 0.347 e. The van der Waals surface area contributed by atoms with Gasteiger partial charge in [0.2, 0.25) is 5.91 Å². The zero-order chi connectivity index (χ0) is 23.3. The minimum atomic E-state index is -1.10. The summed E-state index contributed by atoms with van der Waals surface area (Å²) in [5.41, 5.74) is 1.65. The third-order valence-corrected chi connectivity index (χ3v) is 4.59. The Morgan fingerprint density at radius 1 is 1.09 bits per heavy atom. The van der Waals surface area contributed by atoms with Crippen LogP contribution in [-0.4, -0.2) is 70.2 Å². The Bertz CT molecular complexity index is 1160. The molecule has 0 aliphatic heterocycles. The van der Waals surface area contributed by atoms with E-state index in [9.17, 15) is 19.2 Å². The number of imidazole rings is 1. The lowest BCUT2D eigenvalue weighted by molar-refractivity contribution is -0.136. The second kappa shape index (κ2) is 9.88. The maximum Gasteiger partial charge on any atom is 0.314 e. The van der Waals surface area contributed by atoms with Crippen LogP contribution in [0, 0.1) is 0 Å². The number of nitrogens with one attached hydrogen (secondary N) is 4. The molecule has 32 heavy (non-hydrogen) atoms. The Morgan fingerprint density at radius 2 is 1.88 bits per heavy atom.